The van der Waals surface area contributed by atoms with Gasteiger partial charge in [-0.3, -0.25) is 0 Å². The summed E-state index contributed by atoms with van der Waals surface area (Å²) in [7, 11) is 0. The lowest BCUT2D eigenvalue weighted by atomic mass is 10.0. The van der Waals surface area contributed by atoms with Gasteiger partial charge in [0, 0.05) is 6.04 Å². The molecule has 0 aliphatic heterocycles. The highest BCUT2D eigenvalue weighted by atomic mass is 16.5. The van der Waals surface area contributed by atoms with Crippen molar-refractivity contribution in [3.05, 3.63) is 59.2 Å². The fourth-order valence-corrected chi connectivity index (χ4v) is 2.12. The molecule has 0 radical (unpaired) electrons. The fraction of sp³-hybridized carbons (Fsp3) is 0.294. The van der Waals surface area contributed by atoms with Crippen LogP contribution in [0.2, 0.25) is 0 Å². The van der Waals surface area contributed by atoms with Crippen molar-refractivity contribution in [1.82, 2.24) is 0 Å². The van der Waals surface area contributed by atoms with Crippen molar-refractivity contribution >= 4 is 0 Å². The Labute approximate surface area is 115 Å². The summed E-state index contributed by atoms with van der Waals surface area (Å²) in [6.45, 7) is 6.16. The first-order chi connectivity index (χ1) is 9.04. The highest BCUT2D eigenvalue weighted by Crippen LogP contribution is 2.27. The summed E-state index contributed by atoms with van der Waals surface area (Å²) in [6, 6.07) is 14.4. The molecule has 0 heterocycles. The molecule has 2 rings (SSSR count). The Kier molecular flexibility index (Phi) is 4.23. The molecule has 0 bridgehead atoms. The monoisotopic (exact) mass is 255 g/mol. The van der Waals surface area contributed by atoms with Crippen LogP contribution in [0.15, 0.2) is 42.5 Å². The number of hydrogen-bond donors (Lipinski definition) is 1. The summed E-state index contributed by atoms with van der Waals surface area (Å²) in [6.07, 6.45) is 0.822. The molecule has 1 atom stereocenters. The third kappa shape index (κ3) is 3.83. The van der Waals surface area contributed by atoms with Crippen LogP contribution < -0.4 is 10.5 Å². The molecule has 2 aromatic carbocycles. The van der Waals surface area contributed by atoms with E-state index in [4.69, 9.17) is 10.5 Å². The normalized spacial score (nSPS) is 12.2. The van der Waals surface area contributed by atoms with E-state index in [0.29, 0.717) is 0 Å². The molecule has 100 valence electrons. The van der Waals surface area contributed by atoms with E-state index in [0.717, 1.165) is 23.5 Å². The minimum absolute atomic E-state index is 0.127. The van der Waals surface area contributed by atoms with E-state index in [1.165, 1.54) is 11.1 Å². The van der Waals surface area contributed by atoms with Gasteiger partial charge in [0.25, 0.3) is 0 Å². The van der Waals surface area contributed by atoms with Crippen LogP contribution >= 0.6 is 0 Å². The van der Waals surface area contributed by atoms with Crippen LogP contribution in [0, 0.1) is 13.8 Å². The molecule has 0 saturated heterocycles. The standard InChI is InChI=1S/C17H21NO/c1-12-5-4-6-16(10-12)19-17-8-7-13(2)9-15(17)11-14(3)18/h4-10,14H,11,18H2,1-3H3. The van der Waals surface area contributed by atoms with Crippen molar-refractivity contribution in [1.29, 1.82) is 0 Å². The van der Waals surface area contributed by atoms with Crippen molar-refractivity contribution in [2.75, 3.05) is 0 Å². The zero-order valence-electron chi connectivity index (χ0n) is 11.8. The molecule has 0 fully saturated rings. The lowest BCUT2D eigenvalue weighted by molar-refractivity contribution is 0.473. The number of nitrogens with two attached hydrogens (primary N) is 1. The molecule has 2 heteroatoms. The van der Waals surface area contributed by atoms with Gasteiger partial charge in [0.2, 0.25) is 0 Å². The minimum atomic E-state index is 0.127. The zero-order valence-corrected chi connectivity index (χ0v) is 11.8. The molecule has 0 aliphatic carbocycles. The topological polar surface area (TPSA) is 35.2 Å². The van der Waals surface area contributed by atoms with E-state index in [9.17, 15) is 0 Å². The van der Waals surface area contributed by atoms with Gasteiger partial charge in [-0.2, -0.15) is 0 Å². The van der Waals surface area contributed by atoms with Crippen molar-refractivity contribution in [3.8, 4) is 11.5 Å². The molecular weight excluding hydrogens is 234 g/mol. The average molecular weight is 255 g/mol. The number of ether oxygens (including phenoxy) is 1. The Bertz CT molecular complexity index is 561. The smallest absolute Gasteiger partial charge is 0.130 e. The maximum atomic E-state index is 5.99. The van der Waals surface area contributed by atoms with E-state index < -0.39 is 0 Å². The van der Waals surface area contributed by atoms with Crippen molar-refractivity contribution in [2.24, 2.45) is 5.73 Å². The van der Waals surface area contributed by atoms with Crippen LogP contribution in [0.4, 0.5) is 0 Å². The van der Waals surface area contributed by atoms with Crippen molar-refractivity contribution in [3.63, 3.8) is 0 Å². The van der Waals surface area contributed by atoms with Gasteiger partial charge < -0.3 is 10.5 Å². The number of benzene rings is 2. The van der Waals surface area contributed by atoms with Crippen LogP contribution in [-0.2, 0) is 6.42 Å². The van der Waals surface area contributed by atoms with Crippen LogP contribution in [0.25, 0.3) is 0 Å². The molecule has 19 heavy (non-hydrogen) atoms. The minimum Gasteiger partial charge on any atom is -0.457 e. The van der Waals surface area contributed by atoms with Crippen LogP contribution in [0.1, 0.15) is 23.6 Å². The lowest BCUT2D eigenvalue weighted by Crippen LogP contribution is -2.18. The summed E-state index contributed by atoms with van der Waals surface area (Å²) in [5.41, 5.74) is 9.49. The van der Waals surface area contributed by atoms with Gasteiger partial charge in [-0.05, 0) is 56.5 Å². The lowest BCUT2D eigenvalue weighted by Gasteiger charge is -2.14. The van der Waals surface area contributed by atoms with Gasteiger partial charge >= 0.3 is 0 Å². The van der Waals surface area contributed by atoms with Gasteiger partial charge in [0.05, 0.1) is 0 Å². The molecular formula is C17H21NO. The first-order valence-electron chi connectivity index (χ1n) is 6.64. The average Bonchev–Trinajstić information content (AvgIpc) is 2.32. The molecule has 0 amide bonds. The van der Waals surface area contributed by atoms with Crippen molar-refractivity contribution < 1.29 is 4.74 Å². The van der Waals surface area contributed by atoms with E-state index >= 15 is 0 Å². The predicted octanol–water partition coefficient (Wildman–Crippen LogP) is 3.99. The summed E-state index contributed by atoms with van der Waals surface area (Å²) < 4.78 is 5.99. The van der Waals surface area contributed by atoms with Gasteiger partial charge in [-0.15, -0.1) is 0 Å². The van der Waals surface area contributed by atoms with Crippen LogP contribution in [0.5, 0.6) is 11.5 Å². The molecule has 0 saturated carbocycles. The van der Waals surface area contributed by atoms with Crippen LogP contribution in [0.3, 0.4) is 0 Å². The molecule has 0 spiro atoms. The van der Waals surface area contributed by atoms with Gasteiger partial charge in [0.15, 0.2) is 0 Å². The molecule has 1 unspecified atom stereocenters. The summed E-state index contributed by atoms with van der Waals surface area (Å²) in [5.74, 6) is 1.77. The second kappa shape index (κ2) is 5.89. The number of rotatable bonds is 4. The largest absolute Gasteiger partial charge is 0.457 e. The van der Waals surface area contributed by atoms with E-state index in [1.807, 2.05) is 31.2 Å². The summed E-state index contributed by atoms with van der Waals surface area (Å²) >= 11 is 0. The number of aryl methyl sites for hydroxylation is 2. The molecule has 2 nitrogen and oxygen atoms in total. The number of hydrogen-bond acceptors (Lipinski definition) is 2. The highest BCUT2D eigenvalue weighted by molar-refractivity contribution is 5.41. The zero-order chi connectivity index (χ0) is 13.8. The quantitative estimate of drug-likeness (QED) is 0.896. The second-order valence-electron chi connectivity index (χ2n) is 5.21. The fourth-order valence-electron chi connectivity index (χ4n) is 2.12. The van der Waals surface area contributed by atoms with E-state index in [1.54, 1.807) is 0 Å². The van der Waals surface area contributed by atoms with Gasteiger partial charge in [-0.1, -0.05) is 29.8 Å². The Hall–Kier alpha value is -1.80. The maximum absolute atomic E-state index is 5.99. The first kappa shape index (κ1) is 13.6. The van der Waals surface area contributed by atoms with Crippen molar-refractivity contribution in [2.45, 2.75) is 33.2 Å². The SMILES string of the molecule is Cc1cccc(Oc2ccc(C)cc2CC(C)N)c1. The highest BCUT2D eigenvalue weighted by Gasteiger charge is 2.08. The predicted molar refractivity (Wildman–Crippen MR) is 79.8 cm³/mol. The van der Waals surface area contributed by atoms with Crippen LogP contribution in [-0.4, -0.2) is 6.04 Å². The molecule has 2 aromatic rings. The third-order valence-electron chi connectivity index (χ3n) is 2.98. The Morgan fingerprint density at radius 1 is 1.05 bits per heavy atom. The molecule has 2 N–H and O–H groups in total. The Morgan fingerprint density at radius 2 is 1.79 bits per heavy atom. The summed E-state index contributed by atoms with van der Waals surface area (Å²) in [5, 5.41) is 0. The molecule has 0 aromatic heterocycles. The Morgan fingerprint density at radius 3 is 2.47 bits per heavy atom. The maximum Gasteiger partial charge on any atom is 0.130 e. The summed E-state index contributed by atoms with van der Waals surface area (Å²) in [4.78, 5) is 0. The second-order valence-corrected chi connectivity index (χ2v) is 5.21. The van der Waals surface area contributed by atoms with E-state index in [-0.39, 0.29) is 6.04 Å². The van der Waals surface area contributed by atoms with E-state index in [2.05, 4.69) is 32.0 Å². The first-order valence-corrected chi connectivity index (χ1v) is 6.64. The van der Waals surface area contributed by atoms with Gasteiger partial charge in [0.1, 0.15) is 11.5 Å². The third-order valence-corrected chi connectivity index (χ3v) is 2.98. The Balaban J connectivity index is 2.28. The molecule has 0 aliphatic rings. The van der Waals surface area contributed by atoms with Gasteiger partial charge in [-0.25, -0.2) is 0 Å².